The first-order valence-electron chi connectivity index (χ1n) is 8.80. The molecule has 128 valence electrons. The third-order valence-corrected chi connectivity index (χ3v) is 4.63. The van der Waals surface area contributed by atoms with Crippen molar-refractivity contribution in [3.63, 3.8) is 0 Å². The van der Waals surface area contributed by atoms with Gasteiger partial charge in [0.05, 0.1) is 12.2 Å². The lowest BCUT2D eigenvalue weighted by Crippen LogP contribution is -2.40. The molecule has 0 aliphatic carbocycles. The molecule has 0 saturated carbocycles. The van der Waals surface area contributed by atoms with Gasteiger partial charge < -0.3 is 9.80 Å². The van der Waals surface area contributed by atoms with Gasteiger partial charge in [-0.2, -0.15) is 0 Å². The van der Waals surface area contributed by atoms with Gasteiger partial charge in [-0.1, -0.05) is 26.7 Å². The smallest absolute Gasteiger partial charge is 0.225 e. The third kappa shape index (κ3) is 4.01. The van der Waals surface area contributed by atoms with Crippen molar-refractivity contribution in [3.8, 4) is 0 Å². The zero-order valence-corrected chi connectivity index (χ0v) is 15.2. The summed E-state index contributed by atoms with van der Waals surface area (Å²) in [5.41, 5.74) is 2.22. The number of rotatable bonds is 6. The summed E-state index contributed by atoms with van der Waals surface area (Å²) in [6.45, 7) is 7.65. The fraction of sp³-hybridized carbons (Fsp3) is 0.722. The van der Waals surface area contributed by atoms with Crippen LogP contribution in [-0.2, 0) is 17.8 Å². The zero-order valence-electron chi connectivity index (χ0n) is 15.2. The van der Waals surface area contributed by atoms with Crippen LogP contribution < -0.4 is 4.90 Å². The van der Waals surface area contributed by atoms with Crippen LogP contribution in [0.1, 0.15) is 56.6 Å². The van der Waals surface area contributed by atoms with Gasteiger partial charge in [0.2, 0.25) is 5.91 Å². The summed E-state index contributed by atoms with van der Waals surface area (Å²) < 4.78 is 0. The Bertz CT molecular complexity index is 556. The summed E-state index contributed by atoms with van der Waals surface area (Å²) in [5.74, 6) is 2.22. The van der Waals surface area contributed by atoms with Gasteiger partial charge in [0, 0.05) is 38.5 Å². The van der Waals surface area contributed by atoms with E-state index >= 15 is 0 Å². The summed E-state index contributed by atoms with van der Waals surface area (Å²) in [6.07, 6.45) is 5.02. The molecule has 23 heavy (non-hydrogen) atoms. The number of hydrogen-bond donors (Lipinski definition) is 0. The molecule has 0 spiro atoms. The molecule has 1 aromatic rings. The molecule has 5 heteroatoms. The lowest BCUT2D eigenvalue weighted by molar-refractivity contribution is -0.136. The van der Waals surface area contributed by atoms with Crippen LogP contribution in [0.4, 0.5) is 5.82 Å². The maximum Gasteiger partial charge on any atom is 0.225 e. The highest BCUT2D eigenvalue weighted by atomic mass is 16.2. The number of anilines is 1. The number of carbonyl (C=O) groups is 1. The molecule has 2 rings (SSSR count). The molecule has 1 atom stereocenters. The number of unbranched alkanes of at least 4 members (excludes halogenated alkanes) is 1. The molecule has 0 fully saturated rings. The average molecular weight is 318 g/mol. The van der Waals surface area contributed by atoms with Gasteiger partial charge in [0.1, 0.15) is 11.6 Å². The molecule has 0 bridgehead atoms. The van der Waals surface area contributed by atoms with Gasteiger partial charge in [0.25, 0.3) is 0 Å². The number of aromatic nitrogens is 2. The Balaban J connectivity index is 2.20. The van der Waals surface area contributed by atoms with Gasteiger partial charge in [-0.15, -0.1) is 0 Å². The second-order valence-electron chi connectivity index (χ2n) is 6.67. The molecule has 1 aromatic heterocycles. The van der Waals surface area contributed by atoms with E-state index in [-0.39, 0.29) is 5.92 Å². The van der Waals surface area contributed by atoms with Crippen LogP contribution in [-0.4, -0.2) is 41.4 Å². The van der Waals surface area contributed by atoms with Crippen LogP contribution in [0.2, 0.25) is 0 Å². The van der Waals surface area contributed by atoms with Crippen LogP contribution in [0.25, 0.3) is 0 Å². The summed E-state index contributed by atoms with van der Waals surface area (Å²) in [6, 6.07) is 0. The Morgan fingerprint density at radius 3 is 2.65 bits per heavy atom. The van der Waals surface area contributed by atoms with Gasteiger partial charge in [0.15, 0.2) is 0 Å². The minimum absolute atomic E-state index is 0.158. The van der Waals surface area contributed by atoms with E-state index in [0.29, 0.717) is 12.5 Å². The minimum atomic E-state index is 0.158. The molecule has 1 aliphatic heterocycles. The number of aryl methyl sites for hydroxylation is 1. The molecule has 2 heterocycles. The van der Waals surface area contributed by atoms with E-state index in [0.717, 1.165) is 61.5 Å². The largest absolute Gasteiger partial charge is 0.362 e. The van der Waals surface area contributed by atoms with E-state index in [1.807, 2.05) is 30.8 Å². The minimum Gasteiger partial charge on any atom is -0.362 e. The molecule has 0 saturated heterocycles. The van der Waals surface area contributed by atoms with E-state index in [9.17, 15) is 4.79 Å². The Hall–Kier alpha value is -1.65. The van der Waals surface area contributed by atoms with Crippen LogP contribution in [0.15, 0.2) is 0 Å². The number of fused-ring (bicyclic) bond motifs is 1. The third-order valence-electron chi connectivity index (χ3n) is 4.63. The van der Waals surface area contributed by atoms with Crippen molar-refractivity contribution >= 4 is 11.7 Å². The Labute approximate surface area is 140 Å². The predicted molar refractivity (Wildman–Crippen MR) is 93.5 cm³/mol. The standard InChI is InChI=1S/C18H30N4O/c1-6-8-9-14(7-2)18(23)22-11-10-16-15(12-22)17(21(4)5)20-13(3)19-16/h14H,6-12H2,1-5H3. The van der Waals surface area contributed by atoms with Gasteiger partial charge in [-0.3, -0.25) is 4.79 Å². The van der Waals surface area contributed by atoms with Crippen molar-refractivity contribution in [3.05, 3.63) is 17.1 Å². The SMILES string of the molecule is CCCCC(CC)C(=O)N1CCc2nc(C)nc(N(C)C)c2C1. The van der Waals surface area contributed by atoms with Gasteiger partial charge >= 0.3 is 0 Å². The van der Waals surface area contributed by atoms with Gasteiger partial charge in [-0.05, 0) is 19.8 Å². The predicted octanol–water partition coefficient (Wildman–Crippen LogP) is 2.95. The highest BCUT2D eigenvalue weighted by Crippen LogP contribution is 2.27. The quantitative estimate of drug-likeness (QED) is 0.809. The second kappa shape index (κ2) is 7.75. The van der Waals surface area contributed by atoms with Crippen LogP contribution >= 0.6 is 0 Å². The first-order chi connectivity index (χ1) is 11.0. The number of nitrogens with zero attached hydrogens (tertiary/aromatic N) is 4. The number of amides is 1. The maximum atomic E-state index is 12.9. The summed E-state index contributed by atoms with van der Waals surface area (Å²) in [7, 11) is 4.00. The Morgan fingerprint density at radius 2 is 2.04 bits per heavy atom. The van der Waals surface area contributed by atoms with Crippen LogP contribution in [0.5, 0.6) is 0 Å². The monoisotopic (exact) mass is 318 g/mol. The van der Waals surface area contributed by atoms with E-state index in [1.165, 1.54) is 0 Å². The number of hydrogen-bond acceptors (Lipinski definition) is 4. The van der Waals surface area contributed by atoms with Crippen molar-refractivity contribution < 1.29 is 4.79 Å². The average Bonchev–Trinajstić information content (AvgIpc) is 2.54. The molecule has 0 aromatic carbocycles. The molecular weight excluding hydrogens is 288 g/mol. The normalized spacial score (nSPS) is 15.3. The summed E-state index contributed by atoms with van der Waals surface area (Å²) >= 11 is 0. The molecule has 5 nitrogen and oxygen atoms in total. The summed E-state index contributed by atoms with van der Waals surface area (Å²) in [5, 5.41) is 0. The molecule has 0 N–H and O–H groups in total. The topological polar surface area (TPSA) is 49.3 Å². The lowest BCUT2D eigenvalue weighted by atomic mass is 9.96. The van der Waals surface area contributed by atoms with Crippen LogP contribution in [0.3, 0.4) is 0 Å². The van der Waals surface area contributed by atoms with Crippen molar-refractivity contribution in [1.82, 2.24) is 14.9 Å². The molecule has 1 amide bonds. The van der Waals surface area contributed by atoms with Crippen molar-refractivity contribution in [2.75, 3.05) is 25.5 Å². The van der Waals surface area contributed by atoms with Crippen molar-refractivity contribution in [2.24, 2.45) is 5.92 Å². The fourth-order valence-corrected chi connectivity index (χ4v) is 3.29. The second-order valence-corrected chi connectivity index (χ2v) is 6.67. The fourth-order valence-electron chi connectivity index (χ4n) is 3.29. The summed E-state index contributed by atoms with van der Waals surface area (Å²) in [4.78, 5) is 26.1. The van der Waals surface area contributed by atoms with E-state index in [1.54, 1.807) is 0 Å². The first kappa shape index (κ1) is 17.7. The van der Waals surface area contributed by atoms with Crippen molar-refractivity contribution in [1.29, 1.82) is 0 Å². The van der Waals surface area contributed by atoms with E-state index in [4.69, 9.17) is 0 Å². The Kier molecular flexibility index (Phi) is 5.97. The highest BCUT2D eigenvalue weighted by Gasteiger charge is 2.29. The van der Waals surface area contributed by atoms with E-state index in [2.05, 4.69) is 23.8 Å². The first-order valence-corrected chi connectivity index (χ1v) is 8.80. The molecule has 1 aliphatic rings. The Morgan fingerprint density at radius 1 is 1.30 bits per heavy atom. The van der Waals surface area contributed by atoms with E-state index < -0.39 is 0 Å². The molecule has 0 radical (unpaired) electrons. The van der Waals surface area contributed by atoms with Gasteiger partial charge in [-0.25, -0.2) is 9.97 Å². The zero-order chi connectivity index (χ0) is 17.0. The lowest BCUT2D eigenvalue weighted by Gasteiger charge is -2.33. The molecule has 1 unspecified atom stereocenters. The van der Waals surface area contributed by atoms with Crippen molar-refractivity contribution in [2.45, 2.75) is 59.4 Å². The maximum absolute atomic E-state index is 12.9. The highest BCUT2D eigenvalue weighted by molar-refractivity contribution is 5.79. The van der Waals surface area contributed by atoms with Crippen LogP contribution in [0, 0.1) is 12.8 Å². The number of carbonyl (C=O) groups excluding carboxylic acids is 1. The molecular formula is C18H30N4O.